The summed E-state index contributed by atoms with van der Waals surface area (Å²) in [6.07, 6.45) is -4.95. The number of hydrogen-bond acceptors (Lipinski definition) is 4. The molecular formula is C27H27F3N4O. The number of nitrogens with zero attached hydrogens (tertiary/aromatic N) is 3. The Bertz CT molecular complexity index is 1160. The molecule has 1 fully saturated rings. The summed E-state index contributed by atoms with van der Waals surface area (Å²) in [5.74, 6) is -0.493. The first kappa shape index (κ1) is 23.2. The Kier molecular flexibility index (Phi) is 6.38. The maximum atomic E-state index is 13.3. The van der Waals surface area contributed by atoms with Crippen LogP contribution < -0.4 is 15.1 Å². The van der Waals surface area contributed by atoms with Crippen molar-refractivity contribution in [1.29, 1.82) is 0 Å². The average Bonchev–Trinajstić information content (AvgIpc) is 2.88. The summed E-state index contributed by atoms with van der Waals surface area (Å²) < 4.78 is 39.9. The molecule has 0 saturated carbocycles. The molecule has 2 aliphatic rings. The van der Waals surface area contributed by atoms with Gasteiger partial charge in [0.2, 0.25) is 0 Å². The number of fused-ring (bicyclic) bond motifs is 1. The van der Waals surface area contributed by atoms with Gasteiger partial charge in [-0.25, -0.2) is 0 Å². The van der Waals surface area contributed by atoms with Gasteiger partial charge >= 0.3 is 6.18 Å². The lowest BCUT2D eigenvalue weighted by Gasteiger charge is -2.42. The van der Waals surface area contributed by atoms with Crippen LogP contribution in [0.1, 0.15) is 27.7 Å². The van der Waals surface area contributed by atoms with E-state index in [1.165, 1.54) is 11.8 Å². The summed E-state index contributed by atoms with van der Waals surface area (Å²) in [5, 5.41) is 2.93. The van der Waals surface area contributed by atoms with Crippen LogP contribution in [0, 0.1) is 0 Å². The van der Waals surface area contributed by atoms with Crippen molar-refractivity contribution >= 4 is 17.3 Å². The monoisotopic (exact) mass is 480 g/mol. The SMILES string of the molecule is O=C1NC(c2ccccc2)N(CCN2CCN(c3ccccc3)CC2)c2ccc(C(F)(F)F)cc21. The molecule has 0 spiro atoms. The van der Waals surface area contributed by atoms with Gasteiger partial charge in [-0.15, -0.1) is 0 Å². The molecule has 1 atom stereocenters. The highest BCUT2D eigenvalue weighted by Gasteiger charge is 2.36. The van der Waals surface area contributed by atoms with Crippen LogP contribution in [-0.2, 0) is 6.18 Å². The lowest BCUT2D eigenvalue weighted by atomic mass is 10.0. The molecule has 0 bridgehead atoms. The van der Waals surface area contributed by atoms with E-state index >= 15 is 0 Å². The van der Waals surface area contributed by atoms with Gasteiger partial charge in [-0.1, -0.05) is 48.5 Å². The van der Waals surface area contributed by atoms with Crippen LogP contribution in [-0.4, -0.2) is 50.1 Å². The van der Waals surface area contributed by atoms with Crippen molar-refractivity contribution in [3.8, 4) is 0 Å². The van der Waals surface area contributed by atoms with Gasteiger partial charge in [-0.2, -0.15) is 13.2 Å². The van der Waals surface area contributed by atoms with E-state index in [0.29, 0.717) is 12.2 Å². The van der Waals surface area contributed by atoms with E-state index in [1.54, 1.807) is 0 Å². The Morgan fingerprint density at radius 2 is 1.49 bits per heavy atom. The van der Waals surface area contributed by atoms with E-state index in [4.69, 9.17) is 0 Å². The van der Waals surface area contributed by atoms with E-state index in [2.05, 4.69) is 27.2 Å². The Labute approximate surface area is 202 Å². The number of alkyl halides is 3. The fourth-order valence-electron chi connectivity index (χ4n) is 4.83. The number of benzene rings is 3. The highest BCUT2D eigenvalue weighted by Crippen LogP contribution is 2.37. The molecule has 8 heteroatoms. The van der Waals surface area contributed by atoms with Crippen LogP contribution in [0.5, 0.6) is 0 Å². The van der Waals surface area contributed by atoms with Crippen LogP contribution >= 0.6 is 0 Å². The second-order valence-electron chi connectivity index (χ2n) is 8.87. The first-order valence-corrected chi connectivity index (χ1v) is 11.8. The number of anilines is 2. The molecule has 35 heavy (non-hydrogen) atoms. The van der Waals surface area contributed by atoms with Crippen molar-refractivity contribution < 1.29 is 18.0 Å². The number of para-hydroxylation sites is 1. The number of amides is 1. The quantitative estimate of drug-likeness (QED) is 0.571. The predicted molar refractivity (Wildman–Crippen MR) is 131 cm³/mol. The molecule has 1 amide bonds. The second-order valence-corrected chi connectivity index (χ2v) is 8.87. The fraction of sp³-hybridized carbons (Fsp3) is 0.296. The van der Waals surface area contributed by atoms with Crippen LogP contribution in [0.25, 0.3) is 0 Å². The molecule has 3 aromatic rings. The summed E-state index contributed by atoms with van der Waals surface area (Å²) in [4.78, 5) is 19.6. The first-order valence-electron chi connectivity index (χ1n) is 11.8. The lowest BCUT2D eigenvalue weighted by molar-refractivity contribution is -0.137. The largest absolute Gasteiger partial charge is 0.416 e. The second kappa shape index (κ2) is 9.62. The molecule has 0 aromatic heterocycles. The number of halogens is 3. The Morgan fingerprint density at radius 3 is 2.14 bits per heavy atom. The molecule has 1 unspecified atom stereocenters. The van der Waals surface area contributed by atoms with Gasteiger partial charge in [0, 0.05) is 45.0 Å². The van der Waals surface area contributed by atoms with Crippen LogP contribution in [0.2, 0.25) is 0 Å². The number of piperazine rings is 1. The first-order chi connectivity index (χ1) is 16.9. The zero-order chi connectivity index (χ0) is 24.4. The van der Waals surface area contributed by atoms with Gasteiger partial charge in [-0.3, -0.25) is 9.69 Å². The standard InChI is InChI=1S/C27H27F3N4O/c28-27(29,30)21-11-12-24-23(19-21)26(35)31-25(20-7-3-1-4-8-20)34(24)18-15-32-13-16-33(17-14-32)22-9-5-2-6-10-22/h1-12,19,25H,13-18H2,(H,31,35). The summed E-state index contributed by atoms with van der Waals surface area (Å²) >= 11 is 0. The minimum absolute atomic E-state index is 0.0564. The van der Waals surface area contributed by atoms with Crippen molar-refractivity contribution in [2.75, 3.05) is 49.1 Å². The number of carbonyl (C=O) groups is 1. The third-order valence-corrected chi connectivity index (χ3v) is 6.72. The van der Waals surface area contributed by atoms with Gasteiger partial charge in [0.1, 0.15) is 6.17 Å². The van der Waals surface area contributed by atoms with E-state index in [-0.39, 0.29) is 5.56 Å². The molecule has 1 N–H and O–H groups in total. The minimum atomic E-state index is -4.51. The third-order valence-electron chi connectivity index (χ3n) is 6.72. The zero-order valence-corrected chi connectivity index (χ0v) is 19.2. The van der Waals surface area contributed by atoms with Crippen LogP contribution in [0.15, 0.2) is 78.9 Å². The lowest BCUT2D eigenvalue weighted by Crippen LogP contribution is -2.52. The van der Waals surface area contributed by atoms with Crippen molar-refractivity contribution in [1.82, 2.24) is 10.2 Å². The molecule has 5 nitrogen and oxygen atoms in total. The Morgan fingerprint density at radius 1 is 0.829 bits per heavy atom. The summed E-state index contributed by atoms with van der Waals surface area (Å²) in [6.45, 7) is 4.92. The predicted octanol–water partition coefficient (Wildman–Crippen LogP) is 4.78. The molecule has 5 rings (SSSR count). The zero-order valence-electron chi connectivity index (χ0n) is 19.2. The molecule has 0 aliphatic carbocycles. The maximum Gasteiger partial charge on any atom is 0.416 e. The molecule has 2 heterocycles. The van der Waals surface area contributed by atoms with Crippen molar-refractivity contribution in [2.24, 2.45) is 0 Å². The highest BCUT2D eigenvalue weighted by molar-refractivity contribution is 6.02. The molecule has 0 radical (unpaired) electrons. The number of rotatable bonds is 5. The van der Waals surface area contributed by atoms with Crippen LogP contribution in [0.4, 0.5) is 24.5 Å². The highest BCUT2D eigenvalue weighted by atomic mass is 19.4. The average molecular weight is 481 g/mol. The van der Waals surface area contributed by atoms with E-state index in [9.17, 15) is 18.0 Å². The fourth-order valence-corrected chi connectivity index (χ4v) is 4.83. The van der Waals surface area contributed by atoms with E-state index in [1.807, 2.05) is 53.4 Å². The van der Waals surface area contributed by atoms with Crippen LogP contribution in [0.3, 0.4) is 0 Å². The van der Waals surface area contributed by atoms with Crippen molar-refractivity contribution in [3.63, 3.8) is 0 Å². The maximum absolute atomic E-state index is 13.3. The van der Waals surface area contributed by atoms with Crippen molar-refractivity contribution in [2.45, 2.75) is 12.3 Å². The molecule has 3 aromatic carbocycles. The third kappa shape index (κ3) is 4.98. The summed E-state index contributed by atoms with van der Waals surface area (Å²) in [6, 6.07) is 23.3. The van der Waals surface area contributed by atoms with Gasteiger partial charge in [-0.05, 0) is 35.9 Å². The summed E-state index contributed by atoms with van der Waals surface area (Å²) in [5.41, 5.74) is 1.87. The van der Waals surface area contributed by atoms with E-state index in [0.717, 1.165) is 50.4 Å². The molecule has 1 saturated heterocycles. The summed E-state index contributed by atoms with van der Waals surface area (Å²) in [7, 11) is 0. The smallest absolute Gasteiger partial charge is 0.369 e. The van der Waals surface area contributed by atoms with Gasteiger partial charge in [0.25, 0.3) is 5.91 Å². The number of nitrogens with one attached hydrogen (secondary N) is 1. The van der Waals surface area contributed by atoms with Gasteiger partial charge in [0.05, 0.1) is 16.8 Å². The number of carbonyl (C=O) groups excluding carboxylic acids is 1. The molecular weight excluding hydrogens is 453 g/mol. The Balaban J connectivity index is 1.35. The number of hydrogen-bond donors (Lipinski definition) is 1. The van der Waals surface area contributed by atoms with Gasteiger partial charge in [0.15, 0.2) is 0 Å². The molecule has 182 valence electrons. The van der Waals surface area contributed by atoms with Gasteiger partial charge < -0.3 is 15.1 Å². The molecule has 2 aliphatic heterocycles. The minimum Gasteiger partial charge on any atom is -0.369 e. The van der Waals surface area contributed by atoms with Crippen molar-refractivity contribution in [3.05, 3.63) is 95.6 Å². The normalized spacial score (nSPS) is 18.8. The van der Waals surface area contributed by atoms with E-state index < -0.39 is 23.8 Å². The topological polar surface area (TPSA) is 38.8 Å². The Hall–Kier alpha value is -3.52.